The summed E-state index contributed by atoms with van der Waals surface area (Å²) in [6.07, 6.45) is 9.31. The van der Waals surface area contributed by atoms with E-state index < -0.39 is 0 Å². The number of urea groups is 1. The Morgan fingerprint density at radius 3 is 2.71 bits per heavy atom. The Labute approximate surface area is 144 Å². The lowest BCUT2D eigenvalue weighted by Gasteiger charge is -2.41. The van der Waals surface area contributed by atoms with E-state index in [9.17, 15) is 4.79 Å². The van der Waals surface area contributed by atoms with E-state index in [0.717, 1.165) is 49.6 Å². The molecule has 2 bridgehead atoms. The molecule has 2 amide bonds. The summed E-state index contributed by atoms with van der Waals surface area (Å²) < 4.78 is 0. The molecule has 1 aromatic heterocycles. The highest BCUT2D eigenvalue weighted by molar-refractivity contribution is 5.74. The van der Waals surface area contributed by atoms with Gasteiger partial charge in [-0.3, -0.25) is 9.88 Å². The zero-order valence-electron chi connectivity index (χ0n) is 14.5. The number of nitrogens with one attached hydrogen (secondary N) is 1. The number of nitrogens with zero attached hydrogens (tertiary/aromatic N) is 3. The topological polar surface area (TPSA) is 48.5 Å². The highest BCUT2D eigenvalue weighted by Gasteiger charge is 2.42. The first-order chi connectivity index (χ1) is 11.7. The summed E-state index contributed by atoms with van der Waals surface area (Å²) in [4.78, 5) is 21.3. The third-order valence-electron chi connectivity index (χ3n) is 6.30. The maximum Gasteiger partial charge on any atom is 0.317 e. The van der Waals surface area contributed by atoms with Crippen molar-refractivity contribution in [1.82, 2.24) is 20.1 Å². The van der Waals surface area contributed by atoms with Crippen molar-refractivity contribution in [2.45, 2.75) is 44.7 Å². The van der Waals surface area contributed by atoms with Crippen molar-refractivity contribution >= 4 is 6.03 Å². The molecule has 1 aromatic rings. The lowest BCUT2D eigenvalue weighted by atomic mass is 9.93. The molecule has 5 nitrogen and oxygen atoms in total. The second-order valence-corrected chi connectivity index (χ2v) is 7.72. The molecule has 0 unspecified atom stereocenters. The number of rotatable bonds is 3. The van der Waals surface area contributed by atoms with Gasteiger partial charge in [0.05, 0.1) is 6.04 Å². The Kier molecular flexibility index (Phi) is 4.44. The van der Waals surface area contributed by atoms with Crippen molar-refractivity contribution in [2.75, 3.05) is 26.2 Å². The van der Waals surface area contributed by atoms with Gasteiger partial charge in [-0.05, 0) is 49.7 Å². The minimum Gasteiger partial charge on any atom is -0.331 e. The summed E-state index contributed by atoms with van der Waals surface area (Å²) in [5.74, 6) is 1.92. The molecule has 4 atom stereocenters. The number of fused-ring (bicyclic) bond motifs is 2. The normalized spacial score (nSPS) is 31.2. The lowest BCUT2D eigenvalue weighted by molar-refractivity contribution is 0.0821. The zero-order chi connectivity index (χ0) is 16.5. The van der Waals surface area contributed by atoms with Crippen LogP contribution < -0.4 is 5.32 Å². The molecule has 1 N–H and O–H groups in total. The SMILES string of the molecule is C[C@@H](NC(=O)N1CCN([C@@H]2C[C@H]3CC[C@H]2C3)CC1)c1cccnc1. The summed E-state index contributed by atoms with van der Waals surface area (Å²) in [7, 11) is 0. The first kappa shape index (κ1) is 15.9. The predicted octanol–water partition coefficient (Wildman–Crippen LogP) is 2.66. The van der Waals surface area contributed by atoms with Crippen molar-refractivity contribution in [3.05, 3.63) is 30.1 Å². The van der Waals surface area contributed by atoms with Gasteiger partial charge in [-0.25, -0.2) is 4.79 Å². The molecule has 130 valence electrons. The van der Waals surface area contributed by atoms with Crippen LogP contribution in [0.2, 0.25) is 0 Å². The average Bonchev–Trinajstić information content (AvgIpc) is 3.26. The molecule has 2 heterocycles. The van der Waals surface area contributed by atoms with Gasteiger partial charge in [0.15, 0.2) is 0 Å². The molecule has 0 radical (unpaired) electrons. The maximum absolute atomic E-state index is 12.5. The van der Waals surface area contributed by atoms with Gasteiger partial charge in [0, 0.05) is 44.6 Å². The van der Waals surface area contributed by atoms with E-state index in [0.29, 0.717) is 0 Å². The molecular formula is C19H28N4O. The summed E-state index contributed by atoms with van der Waals surface area (Å²) in [5.41, 5.74) is 1.05. The van der Waals surface area contributed by atoms with Gasteiger partial charge in [-0.15, -0.1) is 0 Å². The predicted molar refractivity (Wildman–Crippen MR) is 93.6 cm³/mol. The first-order valence-corrected chi connectivity index (χ1v) is 9.40. The Hall–Kier alpha value is -1.62. The zero-order valence-corrected chi connectivity index (χ0v) is 14.5. The number of carbonyl (C=O) groups excluding carboxylic acids is 1. The molecule has 2 saturated carbocycles. The Morgan fingerprint density at radius 2 is 2.08 bits per heavy atom. The largest absolute Gasteiger partial charge is 0.331 e. The van der Waals surface area contributed by atoms with Crippen molar-refractivity contribution in [2.24, 2.45) is 11.8 Å². The van der Waals surface area contributed by atoms with Crippen molar-refractivity contribution in [3.63, 3.8) is 0 Å². The van der Waals surface area contributed by atoms with Gasteiger partial charge >= 0.3 is 6.03 Å². The van der Waals surface area contributed by atoms with Crippen LogP contribution >= 0.6 is 0 Å². The fraction of sp³-hybridized carbons (Fsp3) is 0.684. The maximum atomic E-state index is 12.5. The highest BCUT2D eigenvalue weighted by atomic mass is 16.2. The van der Waals surface area contributed by atoms with Gasteiger partial charge < -0.3 is 10.2 Å². The van der Waals surface area contributed by atoms with Crippen LogP contribution in [0.1, 0.15) is 44.2 Å². The van der Waals surface area contributed by atoms with E-state index in [-0.39, 0.29) is 12.1 Å². The molecule has 1 aliphatic heterocycles. The van der Waals surface area contributed by atoms with E-state index in [2.05, 4.69) is 15.2 Å². The highest BCUT2D eigenvalue weighted by Crippen LogP contribution is 2.46. The Bertz CT molecular complexity index is 570. The minimum atomic E-state index is -0.00482. The standard InChI is InChI=1S/C19H28N4O/c1-14(17-3-2-6-20-13-17)21-19(24)23-9-7-22(8-10-23)18-12-15-4-5-16(18)11-15/h2-3,6,13-16,18H,4-5,7-12H2,1H3,(H,21,24)/t14-,15+,16+,18-/m1/s1. The molecule has 3 aliphatic rings. The van der Waals surface area contributed by atoms with Crippen LogP contribution in [0.15, 0.2) is 24.5 Å². The second-order valence-electron chi connectivity index (χ2n) is 7.72. The molecule has 3 fully saturated rings. The number of amides is 2. The van der Waals surface area contributed by atoms with Crippen LogP contribution in [0, 0.1) is 11.8 Å². The summed E-state index contributed by atoms with van der Waals surface area (Å²) in [6, 6.07) is 4.76. The van der Waals surface area contributed by atoms with Gasteiger partial charge in [-0.1, -0.05) is 12.5 Å². The molecule has 1 saturated heterocycles. The monoisotopic (exact) mass is 328 g/mol. The number of carbonyl (C=O) groups is 1. The quantitative estimate of drug-likeness (QED) is 0.928. The Morgan fingerprint density at radius 1 is 1.25 bits per heavy atom. The Balaban J connectivity index is 1.27. The lowest BCUT2D eigenvalue weighted by Crippen LogP contribution is -2.55. The van der Waals surface area contributed by atoms with Crippen LogP contribution in [-0.2, 0) is 0 Å². The third kappa shape index (κ3) is 3.14. The van der Waals surface area contributed by atoms with Gasteiger partial charge in [0.1, 0.15) is 0 Å². The number of aromatic nitrogens is 1. The van der Waals surface area contributed by atoms with Gasteiger partial charge in [0.25, 0.3) is 0 Å². The fourth-order valence-electron chi connectivity index (χ4n) is 4.91. The summed E-state index contributed by atoms with van der Waals surface area (Å²) >= 11 is 0. The van der Waals surface area contributed by atoms with Gasteiger partial charge in [0.2, 0.25) is 0 Å². The van der Waals surface area contributed by atoms with E-state index in [1.807, 2.05) is 30.2 Å². The second kappa shape index (κ2) is 6.71. The summed E-state index contributed by atoms with van der Waals surface area (Å²) in [6.45, 7) is 5.77. The summed E-state index contributed by atoms with van der Waals surface area (Å²) in [5, 5.41) is 3.11. The number of hydrogen-bond donors (Lipinski definition) is 1. The van der Waals surface area contributed by atoms with Crippen LogP contribution in [0.4, 0.5) is 4.79 Å². The van der Waals surface area contributed by atoms with E-state index >= 15 is 0 Å². The average molecular weight is 328 g/mol. The smallest absolute Gasteiger partial charge is 0.317 e. The number of hydrogen-bond acceptors (Lipinski definition) is 3. The van der Waals surface area contributed by atoms with Crippen molar-refractivity contribution in [3.8, 4) is 0 Å². The van der Waals surface area contributed by atoms with E-state index in [1.54, 1.807) is 6.20 Å². The molecule has 0 spiro atoms. The molecule has 2 aliphatic carbocycles. The van der Waals surface area contributed by atoms with E-state index in [1.165, 1.54) is 25.7 Å². The van der Waals surface area contributed by atoms with Crippen LogP contribution in [-0.4, -0.2) is 53.0 Å². The van der Waals surface area contributed by atoms with Crippen molar-refractivity contribution < 1.29 is 4.79 Å². The molecule has 4 rings (SSSR count). The third-order valence-corrected chi connectivity index (χ3v) is 6.30. The molecule has 24 heavy (non-hydrogen) atoms. The van der Waals surface area contributed by atoms with Crippen LogP contribution in [0.3, 0.4) is 0 Å². The molecular weight excluding hydrogens is 300 g/mol. The first-order valence-electron chi connectivity index (χ1n) is 9.40. The van der Waals surface area contributed by atoms with Gasteiger partial charge in [-0.2, -0.15) is 0 Å². The van der Waals surface area contributed by atoms with Crippen molar-refractivity contribution in [1.29, 1.82) is 0 Å². The number of pyridine rings is 1. The number of piperazine rings is 1. The van der Waals surface area contributed by atoms with E-state index in [4.69, 9.17) is 0 Å². The molecule has 5 heteroatoms. The fourth-order valence-corrected chi connectivity index (χ4v) is 4.91. The van der Waals surface area contributed by atoms with Crippen LogP contribution in [0.5, 0.6) is 0 Å². The van der Waals surface area contributed by atoms with Crippen LogP contribution in [0.25, 0.3) is 0 Å². The minimum absolute atomic E-state index is 0.00482. The molecule has 0 aromatic carbocycles.